The van der Waals surface area contributed by atoms with E-state index in [1.807, 2.05) is 21.1 Å². The summed E-state index contributed by atoms with van der Waals surface area (Å²) in [7, 11) is 3.14. The second-order valence-corrected chi connectivity index (χ2v) is 12.9. The van der Waals surface area contributed by atoms with E-state index in [-0.39, 0.29) is 19.2 Å². The van der Waals surface area contributed by atoms with Crippen molar-refractivity contribution >= 4 is 13.9 Å². The monoisotopic (exact) mass is 582 g/mol. The molecular weight excluding hydrogens is 517 g/mol. The van der Waals surface area contributed by atoms with Gasteiger partial charge in [0, 0.05) is 20.1 Å². The van der Waals surface area contributed by atoms with Crippen molar-refractivity contribution in [2.24, 2.45) is 0 Å². The summed E-state index contributed by atoms with van der Waals surface area (Å²) in [4.78, 5) is 29.9. The van der Waals surface area contributed by atoms with E-state index in [0.29, 0.717) is 17.6 Å². The number of nitrogens with one attached hydrogen (secondary N) is 1. The van der Waals surface area contributed by atoms with Gasteiger partial charge >= 0.3 is 13.9 Å². The van der Waals surface area contributed by atoms with Crippen molar-refractivity contribution in [1.82, 2.24) is 10.2 Å². The van der Waals surface area contributed by atoms with Crippen molar-refractivity contribution in [3.8, 4) is 0 Å². The number of likely N-dealkylation sites (N-methyl/N-ethyl adjacent to an activating group) is 1. The number of hydrogen-bond acceptors (Lipinski definition) is 4. The summed E-state index contributed by atoms with van der Waals surface area (Å²) >= 11 is 0. The van der Waals surface area contributed by atoms with Crippen LogP contribution in [0.15, 0.2) is 0 Å². The topological polar surface area (TPSA) is 119 Å². The average Bonchev–Trinajstić information content (AvgIpc) is 2.85. The van der Waals surface area contributed by atoms with Gasteiger partial charge in [0.1, 0.15) is 13.2 Å². The first kappa shape index (κ1) is 40.4. The molecule has 0 fully saturated rings. The Morgan fingerprint density at radius 2 is 1.13 bits per heavy atom. The number of phosphoric acid groups is 1. The molecule has 2 amide bonds. The van der Waals surface area contributed by atoms with Gasteiger partial charge in [-0.15, -0.1) is 0 Å². The Bertz CT molecular complexity index is 584. The number of unbranched alkanes of at least 4 members (excludes halogenated alkanes) is 17. The smallest absolute Gasteiger partial charge is 0.395 e. The highest BCUT2D eigenvalue weighted by Gasteiger charge is 2.16. The van der Waals surface area contributed by atoms with Crippen LogP contribution in [0.4, 0.5) is 4.79 Å². The summed E-state index contributed by atoms with van der Waals surface area (Å²) < 4.78 is 15.1. The normalized spacial score (nSPS) is 11.7. The van der Waals surface area contributed by atoms with E-state index in [0.717, 1.165) is 13.0 Å². The minimum absolute atomic E-state index is 0.0342. The van der Waals surface area contributed by atoms with Gasteiger partial charge in [-0.3, -0.25) is 4.52 Å². The number of carbonyl (C=O) groups excluding carboxylic acids is 1. The molecular formula is C29H65N3O6P+. The van der Waals surface area contributed by atoms with Crippen LogP contribution in [0.2, 0.25) is 0 Å². The molecule has 0 aromatic carbocycles. The third-order valence-corrected chi connectivity index (χ3v) is 7.19. The quantitative estimate of drug-likeness (QED) is 0.0557. The molecule has 0 atom stereocenters. The summed E-state index contributed by atoms with van der Waals surface area (Å²) in [6.45, 7) is 4.15. The van der Waals surface area contributed by atoms with Crippen molar-refractivity contribution in [3.63, 3.8) is 0 Å². The molecule has 10 heteroatoms. The Kier molecular flexibility index (Phi) is 28.5. The van der Waals surface area contributed by atoms with Crippen LogP contribution >= 0.6 is 7.82 Å². The minimum atomic E-state index is -4.26. The highest BCUT2D eigenvalue weighted by molar-refractivity contribution is 7.46. The summed E-state index contributed by atoms with van der Waals surface area (Å²) in [5.74, 6) is 0. The lowest BCUT2D eigenvalue weighted by Crippen LogP contribution is -2.40. The van der Waals surface area contributed by atoms with Crippen molar-refractivity contribution in [3.05, 3.63) is 0 Å². The third kappa shape index (κ3) is 35.3. The van der Waals surface area contributed by atoms with Crippen molar-refractivity contribution < 1.29 is 33.3 Å². The molecule has 9 nitrogen and oxygen atoms in total. The number of rotatable bonds is 25. The number of quaternary nitrogens is 1. The minimum Gasteiger partial charge on any atom is -0.395 e. The molecule has 0 aliphatic carbocycles. The maximum Gasteiger partial charge on any atom is 0.469 e. The van der Waals surface area contributed by atoms with E-state index in [4.69, 9.17) is 14.9 Å². The highest BCUT2D eigenvalue weighted by Crippen LogP contribution is 2.35. The number of aliphatic hydroxyl groups is 1. The van der Waals surface area contributed by atoms with E-state index in [9.17, 15) is 9.36 Å². The SMILES string of the molecule is CCCCCCCCCCCCCCCCCCCCN(CCO)C(=O)NC.C[N+](C)(C)CCOP(=O)(O)O. The number of urea groups is 1. The van der Waals surface area contributed by atoms with Gasteiger partial charge in [0.15, 0.2) is 0 Å². The molecule has 0 spiro atoms. The number of hydrogen-bond donors (Lipinski definition) is 4. The van der Waals surface area contributed by atoms with Crippen LogP contribution in [0.1, 0.15) is 122 Å². The lowest BCUT2D eigenvalue weighted by molar-refractivity contribution is -0.870. The van der Waals surface area contributed by atoms with E-state index in [1.54, 1.807) is 11.9 Å². The fourth-order valence-electron chi connectivity index (χ4n) is 4.23. The van der Waals surface area contributed by atoms with Gasteiger partial charge in [-0.1, -0.05) is 116 Å². The number of carbonyl (C=O) groups is 1. The van der Waals surface area contributed by atoms with Crippen LogP contribution < -0.4 is 5.32 Å². The van der Waals surface area contributed by atoms with E-state index >= 15 is 0 Å². The van der Waals surface area contributed by atoms with Crippen LogP contribution in [-0.4, -0.2) is 91.3 Å². The van der Waals surface area contributed by atoms with Crippen LogP contribution in [0.5, 0.6) is 0 Å². The Hall–Kier alpha value is -0.700. The van der Waals surface area contributed by atoms with Gasteiger partial charge in [-0.25, -0.2) is 9.36 Å². The number of nitrogens with zero attached hydrogens (tertiary/aromatic N) is 2. The molecule has 0 unspecified atom stereocenters. The van der Waals surface area contributed by atoms with Crippen LogP contribution in [0.25, 0.3) is 0 Å². The predicted molar refractivity (Wildman–Crippen MR) is 163 cm³/mol. The van der Waals surface area contributed by atoms with E-state index < -0.39 is 7.82 Å². The second-order valence-electron chi connectivity index (χ2n) is 11.6. The largest absolute Gasteiger partial charge is 0.469 e. The summed E-state index contributed by atoms with van der Waals surface area (Å²) in [5.41, 5.74) is 0. The van der Waals surface area contributed by atoms with Crippen molar-refractivity contribution in [1.29, 1.82) is 0 Å². The number of aliphatic hydroxyl groups excluding tert-OH is 1. The van der Waals surface area contributed by atoms with Gasteiger partial charge in [-0.05, 0) is 6.42 Å². The molecule has 0 bridgehead atoms. The van der Waals surface area contributed by atoms with Gasteiger partial charge in [0.05, 0.1) is 27.7 Å². The highest BCUT2D eigenvalue weighted by atomic mass is 31.2. The third-order valence-electron chi connectivity index (χ3n) is 6.67. The molecule has 0 heterocycles. The zero-order valence-electron chi connectivity index (χ0n) is 26.2. The Morgan fingerprint density at radius 3 is 1.44 bits per heavy atom. The lowest BCUT2D eigenvalue weighted by Gasteiger charge is -2.23. The molecule has 236 valence electrons. The molecule has 0 aromatic heterocycles. The first-order valence-corrected chi connectivity index (χ1v) is 17.1. The van der Waals surface area contributed by atoms with E-state index in [2.05, 4.69) is 16.8 Å². The molecule has 4 N–H and O–H groups in total. The summed E-state index contributed by atoms with van der Waals surface area (Å²) in [6.07, 6.45) is 24.6. The Balaban J connectivity index is 0. The fourth-order valence-corrected chi connectivity index (χ4v) is 4.55. The van der Waals surface area contributed by atoms with Gasteiger partial charge < -0.3 is 29.6 Å². The Morgan fingerprint density at radius 1 is 0.744 bits per heavy atom. The molecule has 0 aliphatic heterocycles. The van der Waals surface area contributed by atoms with Crippen LogP contribution in [0.3, 0.4) is 0 Å². The maximum absolute atomic E-state index is 11.6. The van der Waals surface area contributed by atoms with Crippen molar-refractivity contribution in [2.45, 2.75) is 122 Å². The number of phosphoric ester groups is 1. The van der Waals surface area contributed by atoms with Gasteiger partial charge in [0.2, 0.25) is 0 Å². The zero-order chi connectivity index (χ0) is 29.8. The van der Waals surface area contributed by atoms with Crippen LogP contribution in [-0.2, 0) is 9.09 Å². The predicted octanol–water partition coefficient (Wildman–Crippen LogP) is 6.46. The molecule has 0 radical (unpaired) electrons. The molecule has 0 saturated carbocycles. The maximum atomic E-state index is 11.6. The number of amides is 2. The van der Waals surface area contributed by atoms with Crippen LogP contribution in [0, 0.1) is 0 Å². The molecule has 0 saturated heterocycles. The molecule has 39 heavy (non-hydrogen) atoms. The van der Waals surface area contributed by atoms with Crippen molar-refractivity contribution in [2.75, 3.05) is 61.0 Å². The molecule has 0 aliphatic rings. The Labute approximate surface area is 240 Å². The van der Waals surface area contributed by atoms with Gasteiger partial charge in [0.25, 0.3) is 0 Å². The average molecular weight is 583 g/mol. The second kappa shape index (κ2) is 27.5. The molecule has 0 rings (SSSR count). The first-order valence-electron chi connectivity index (χ1n) is 15.5. The summed E-state index contributed by atoms with van der Waals surface area (Å²) in [6, 6.07) is -0.0824. The summed E-state index contributed by atoms with van der Waals surface area (Å²) in [5, 5.41) is 11.6. The van der Waals surface area contributed by atoms with Gasteiger partial charge in [-0.2, -0.15) is 0 Å². The standard InChI is InChI=1S/C24H50N2O2.C5H14NO4P/c1-3-4-5-6-7-8-9-10-11-12-13-14-15-16-17-18-19-20-21-26(22-23-27)24(28)25-2;1-6(2,3)4-5-10-11(7,8)9/h27H,3-23H2,1-2H3,(H,25,28);4-5H2,1-3H3,(H-,7,8,9)/p+1. The first-order chi connectivity index (χ1) is 18.5. The van der Waals surface area contributed by atoms with E-state index in [1.165, 1.54) is 109 Å². The fraction of sp³-hybridized carbons (Fsp3) is 0.966. The lowest BCUT2D eigenvalue weighted by atomic mass is 10.0. The molecule has 0 aromatic rings. The zero-order valence-corrected chi connectivity index (χ0v) is 27.1.